The van der Waals surface area contributed by atoms with Gasteiger partial charge in [-0.2, -0.15) is 0 Å². The van der Waals surface area contributed by atoms with E-state index in [0.29, 0.717) is 12.1 Å². The highest BCUT2D eigenvalue weighted by molar-refractivity contribution is 7.12. The first-order valence-electron chi connectivity index (χ1n) is 7.29. The van der Waals surface area contributed by atoms with Crippen molar-refractivity contribution in [2.75, 3.05) is 5.73 Å². The van der Waals surface area contributed by atoms with Crippen LogP contribution in [-0.4, -0.2) is 11.5 Å². The summed E-state index contributed by atoms with van der Waals surface area (Å²) < 4.78 is 6.00. The summed E-state index contributed by atoms with van der Waals surface area (Å²) in [6, 6.07) is 7.44. The molecule has 0 aliphatic carbocycles. The fourth-order valence-electron chi connectivity index (χ4n) is 2.83. The summed E-state index contributed by atoms with van der Waals surface area (Å²) in [5.41, 5.74) is 8.19. The lowest BCUT2D eigenvalue weighted by atomic mass is 9.89. The molecule has 23 heavy (non-hydrogen) atoms. The monoisotopic (exact) mass is 352 g/mol. The molecule has 1 amide bonds. The van der Waals surface area contributed by atoms with Gasteiger partial charge in [0.05, 0.1) is 10.9 Å². The summed E-state index contributed by atoms with van der Waals surface area (Å²) in [6.45, 7) is 6.01. The van der Waals surface area contributed by atoms with Crippen LogP contribution in [0, 0.1) is 6.92 Å². The van der Waals surface area contributed by atoms with Crippen LogP contribution >= 0.6 is 23.7 Å². The van der Waals surface area contributed by atoms with Crippen molar-refractivity contribution in [1.82, 2.24) is 5.32 Å². The first-order chi connectivity index (χ1) is 10.4. The van der Waals surface area contributed by atoms with E-state index in [0.717, 1.165) is 21.8 Å². The lowest BCUT2D eigenvalue weighted by Gasteiger charge is -2.38. The molecular formula is C17H21ClN2O2S. The Bertz CT molecular complexity index is 727. The molecule has 1 aromatic carbocycles. The van der Waals surface area contributed by atoms with Gasteiger partial charge >= 0.3 is 0 Å². The minimum absolute atomic E-state index is 0. The van der Waals surface area contributed by atoms with Gasteiger partial charge in [-0.3, -0.25) is 4.79 Å². The smallest absolute Gasteiger partial charge is 0.262 e. The zero-order valence-corrected chi connectivity index (χ0v) is 15.0. The molecule has 2 heterocycles. The second-order valence-electron chi connectivity index (χ2n) is 6.32. The van der Waals surface area contributed by atoms with Crippen molar-refractivity contribution in [3.05, 3.63) is 45.6 Å². The number of nitrogen functional groups attached to an aromatic ring is 1. The molecular weight excluding hydrogens is 332 g/mol. The summed E-state index contributed by atoms with van der Waals surface area (Å²) in [5, 5.41) is 5.07. The third-order valence-electron chi connectivity index (χ3n) is 3.86. The molecule has 1 unspecified atom stereocenters. The Hall–Kier alpha value is -1.72. The van der Waals surface area contributed by atoms with Crippen molar-refractivity contribution < 1.29 is 9.53 Å². The molecule has 3 N–H and O–H groups in total. The highest BCUT2D eigenvalue weighted by Gasteiger charge is 2.35. The van der Waals surface area contributed by atoms with Crippen molar-refractivity contribution in [2.45, 2.75) is 38.8 Å². The number of halogens is 1. The van der Waals surface area contributed by atoms with Gasteiger partial charge in [-0.25, -0.2) is 0 Å². The van der Waals surface area contributed by atoms with Crippen molar-refractivity contribution in [3.63, 3.8) is 0 Å². The van der Waals surface area contributed by atoms with E-state index >= 15 is 0 Å². The van der Waals surface area contributed by atoms with Gasteiger partial charge in [-0.05, 0) is 56.0 Å². The largest absolute Gasteiger partial charge is 0.487 e. The lowest BCUT2D eigenvalue weighted by Crippen LogP contribution is -2.41. The Morgan fingerprint density at radius 3 is 2.78 bits per heavy atom. The normalized spacial score (nSPS) is 18.3. The molecule has 0 fully saturated rings. The number of aryl methyl sites for hydroxylation is 1. The quantitative estimate of drug-likeness (QED) is 0.800. The fourth-order valence-corrected chi connectivity index (χ4v) is 3.66. The third kappa shape index (κ3) is 3.62. The number of amides is 1. The van der Waals surface area contributed by atoms with E-state index in [-0.39, 0.29) is 30.0 Å². The average Bonchev–Trinajstić information content (AvgIpc) is 2.85. The summed E-state index contributed by atoms with van der Waals surface area (Å²) in [5.74, 6) is 0.752. The first kappa shape index (κ1) is 17.6. The first-order valence-corrected chi connectivity index (χ1v) is 8.17. The number of carbonyl (C=O) groups excluding carboxylic acids is 1. The Kier molecular flexibility index (Phi) is 4.92. The number of hydrogen-bond acceptors (Lipinski definition) is 4. The Morgan fingerprint density at radius 2 is 2.13 bits per heavy atom. The SMILES string of the molecule is Cc1ccsc1C(=O)NC1CC(C)(C)Oc2ccc(N)cc21.Cl. The zero-order chi connectivity index (χ0) is 15.9. The van der Waals surface area contributed by atoms with E-state index in [1.54, 1.807) is 0 Å². The second-order valence-corrected chi connectivity index (χ2v) is 7.24. The molecule has 1 aliphatic rings. The molecule has 0 spiro atoms. The topological polar surface area (TPSA) is 64.3 Å². The van der Waals surface area contributed by atoms with Crippen LogP contribution in [0.25, 0.3) is 0 Å². The molecule has 124 valence electrons. The number of fused-ring (bicyclic) bond motifs is 1. The van der Waals surface area contributed by atoms with Crippen LogP contribution in [0.5, 0.6) is 5.75 Å². The predicted molar refractivity (Wildman–Crippen MR) is 96.7 cm³/mol. The molecule has 4 nitrogen and oxygen atoms in total. The van der Waals surface area contributed by atoms with Gasteiger partial charge in [-0.15, -0.1) is 23.7 Å². The number of benzene rings is 1. The van der Waals surface area contributed by atoms with Crippen molar-refractivity contribution in [1.29, 1.82) is 0 Å². The summed E-state index contributed by atoms with van der Waals surface area (Å²) in [6.07, 6.45) is 0.708. The van der Waals surface area contributed by atoms with Gasteiger partial charge in [0.25, 0.3) is 5.91 Å². The molecule has 3 rings (SSSR count). The molecule has 2 aromatic rings. The molecule has 1 aliphatic heterocycles. The number of rotatable bonds is 2. The Labute approximate surface area is 146 Å². The molecule has 0 saturated carbocycles. The van der Waals surface area contributed by atoms with Crippen LogP contribution < -0.4 is 15.8 Å². The van der Waals surface area contributed by atoms with Gasteiger partial charge in [-0.1, -0.05) is 0 Å². The van der Waals surface area contributed by atoms with E-state index < -0.39 is 0 Å². The minimum atomic E-state index is -0.328. The maximum absolute atomic E-state index is 12.5. The summed E-state index contributed by atoms with van der Waals surface area (Å²) in [4.78, 5) is 13.3. The van der Waals surface area contributed by atoms with Crippen LogP contribution in [0.3, 0.4) is 0 Å². The van der Waals surface area contributed by atoms with Crippen molar-refractivity contribution in [3.8, 4) is 5.75 Å². The number of carbonyl (C=O) groups is 1. The van der Waals surface area contributed by atoms with Crippen LogP contribution in [0.1, 0.15) is 47.1 Å². The van der Waals surface area contributed by atoms with E-state index in [4.69, 9.17) is 10.5 Å². The summed E-state index contributed by atoms with van der Waals surface area (Å²) in [7, 11) is 0. The van der Waals surface area contributed by atoms with Gasteiger partial charge < -0.3 is 15.8 Å². The Balaban J connectivity index is 0.00000192. The maximum atomic E-state index is 12.5. The minimum Gasteiger partial charge on any atom is -0.487 e. The van der Waals surface area contributed by atoms with Crippen LogP contribution in [-0.2, 0) is 0 Å². The molecule has 0 radical (unpaired) electrons. The second kappa shape index (κ2) is 6.42. The molecule has 1 aromatic heterocycles. The van der Waals surface area contributed by atoms with Gasteiger partial charge in [0.1, 0.15) is 11.4 Å². The van der Waals surface area contributed by atoms with E-state index in [1.807, 2.05) is 50.4 Å². The number of nitrogens with one attached hydrogen (secondary N) is 1. The number of nitrogens with two attached hydrogens (primary N) is 1. The molecule has 6 heteroatoms. The Morgan fingerprint density at radius 1 is 1.39 bits per heavy atom. The van der Waals surface area contributed by atoms with Crippen LogP contribution in [0.2, 0.25) is 0 Å². The molecule has 0 saturated heterocycles. The van der Waals surface area contributed by atoms with Crippen LogP contribution in [0.15, 0.2) is 29.6 Å². The van der Waals surface area contributed by atoms with E-state index in [9.17, 15) is 4.79 Å². The van der Waals surface area contributed by atoms with Gasteiger partial charge in [0, 0.05) is 17.7 Å². The highest BCUT2D eigenvalue weighted by Crippen LogP contribution is 2.40. The van der Waals surface area contributed by atoms with Crippen LogP contribution in [0.4, 0.5) is 5.69 Å². The number of ether oxygens (including phenoxy) is 1. The van der Waals surface area contributed by atoms with Gasteiger partial charge in [0.15, 0.2) is 0 Å². The lowest BCUT2D eigenvalue weighted by molar-refractivity contribution is 0.0621. The molecule has 1 atom stereocenters. The van der Waals surface area contributed by atoms with E-state index in [1.165, 1.54) is 11.3 Å². The standard InChI is InChI=1S/C17H20N2O2S.ClH/c1-10-6-7-22-15(10)16(20)19-13-9-17(2,3)21-14-5-4-11(18)8-12(13)14;/h4-8,13H,9,18H2,1-3H3,(H,19,20);1H. The van der Waals surface area contributed by atoms with Crippen molar-refractivity contribution in [2.24, 2.45) is 0 Å². The maximum Gasteiger partial charge on any atom is 0.262 e. The predicted octanol–water partition coefficient (Wildman–Crippen LogP) is 4.09. The average molecular weight is 353 g/mol. The number of thiophene rings is 1. The number of anilines is 1. The van der Waals surface area contributed by atoms with Crippen molar-refractivity contribution >= 4 is 35.3 Å². The zero-order valence-electron chi connectivity index (χ0n) is 13.4. The highest BCUT2D eigenvalue weighted by atomic mass is 35.5. The molecule has 0 bridgehead atoms. The number of hydrogen-bond donors (Lipinski definition) is 2. The third-order valence-corrected chi connectivity index (χ3v) is 4.88. The van der Waals surface area contributed by atoms with E-state index in [2.05, 4.69) is 5.32 Å². The fraction of sp³-hybridized carbons (Fsp3) is 0.353. The van der Waals surface area contributed by atoms with Gasteiger partial charge in [0.2, 0.25) is 0 Å². The summed E-state index contributed by atoms with van der Waals surface area (Å²) >= 11 is 1.46.